The summed E-state index contributed by atoms with van der Waals surface area (Å²) in [5, 5.41) is 21.1. The molecule has 116 valence electrons. The lowest BCUT2D eigenvalue weighted by Crippen LogP contribution is -2.53. The van der Waals surface area contributed by atoms with Gasteiger partial charge < -0.3 is 15.1 Å². The predicted octanol–water partition coefficient (Wildman–Crippen LogP) is 3.26. The van der Waals surface area contributed by atoms with Crippen LogP contribution in [-0.4, -0.2) is 28.9 Å². The lowest BCUT2D eigenvalue weighted by atomic mass is 9.71. The monoisotopic (exact) mass is 289 g/mol. The molecule has 3 heteroatoms. The molecule has 21 heavy (non-hydrogen) atoms. The zero-order valence-electron chi connectivity index (χ0n) is 13.0. The van der Waals surface area contributed by atoms with Gasteiger partial charge in [0.2, 0.25) is 0 Å². The number of hydrogen-bond donors (Lipinski definition) is 2. The van der Waals surface area contributed by atoms with Crippen LogP contribution in [0.5, 0.6) is 0 Å². The maximum absolute atomic E-state index is 10.8. The van der Waals surface area contributed by atoms with E-state index in [1.54, 1.807) is 0 Å². The molecule has 1 aliphatic heterocycles. The Bertz CT molecular complexity index is 490. The van der Waals surface area contributed by atoms with Gasteiger partial charge in [-0.25, -0.2) is 0 Å². The molecule has 1 aromatic rings. The number of fused-ring (bicyclic) bond motifs is 1. The summed E-state index contributed by atoms with van der Waals surface area (Å²) >= 11 is 0. The SMILES string of the molecule is CCC(O)c1ccccc1N1CCC2(O)CCCCC2C1. The van der Waals surface area contributed by atoms with Gasteiger partial charge in [0.05, 0.1) is 11.7 Å². The van der Waals surface area contributed by atoms with Crippen LogP contribution in [0, 0.1) is 5.92 Å². The van der Waals surface area contributed by atoms with Gasteiger partial charge in [0.25, 0.3) is 0 Å². The van der Waals surface area contributed by atoms with Crippen LogP contribution in [0.4, 0.5) is 5.69 Å². The van der Waals surface area contributed by atoms with Crippen molar-refractivity contribution < 1.29 is 10.2 Å². The summed E-state index contributed by atoms with van der Waals surface area (Å²) in [6.07, 6.45) is 5.69. The molecule has 1 aliphatic carbocycles. The molecule has 3 nitrogen and oxygen atoms in total. The molecular formula is C18H27NO2. The molecule has 1 saturated carbocycles. The highest BCUT2D eigenvalue weighted by molar-refractivity contribution is 5.55. The highest BCUT2D eigenvalue weighted by Crippen LogP contribution is 2.42. The number of piperidine rings is 1. The van der Waals surface area contributed by atoms with Gasteiger partial charge in [0.15, 0.2) is 0 Å². The van der Waals surface area contributed by atoms with Crippen molar-refractivity contribution in [3.8, 4) is 0 Å². The highest BCUT2D eigenvalue weighted by Gasteiger charge is 2.43. The van der Waals surface area contributed by atoms with E-state index in [0.717, 1.165) is 56.4 Å². The molecule has 0 spiro atoms. The molecule has 3 unspecified atom stereocenters. The van der Waals surface area contributed by atoms with Gasteiger partial charge in [0, 0.05) is 30.3 Å². The van der Waals surface area contributed by atoms with E-state index >= 15 is 0 Å². The van der Waals surface area contributed by atoms with E-state index in [2.05, 4.69) is 11.0 Å². The molecule has 3 atom stereocenters. The Morgan fingerprint density at radius 2 is 2.10 bits per heavy atom. The van der Waals surface area contributed by atoms with E-state index in [0.29, 0.717) is 5.92 Å². The molecular weight excluding hydrogens is 262 g/mol. The molecule has 1 heterocycles. The van der Waals surface area contributed by atoms with Gasteiger partial charge in [-0.1, -0.05) is 38.0 Å². The second-order valence-electron chi connectivity index (χ2n) is 6.73. The molecule has 0 radical (unpaired) electrons. The molecule has 2 aliphatic rings. The van der Waals surface area contributed by atoms with Gasteiger partial charge in [0.1, 0.15) is 0 Å². The fraction of sp³-hybridized carbons (Fsp3) is 0.667. The van der Waals surface area contributed by atoms with Gasteiger partial charge in [-0.15, -0.1) is 0 Å². The molecule has 1 aromatic carbocycles. The summed E-state index contributed by atoms with van der Waals surface area (Å²) in [5.41, 5.74) is 1.74. The van der Waals surface area contributed by atoms with Gasteiger partial charge >= 0.3 is 0 Å². The van der Waals surface area contributed by atoms with Crippen molar-refractivity contribution in [1.82, 2.24) is 0 Å². The highest BCUT2D eigenvalue weighted by atomic mass is 16.3. The van der Waals surface area contributed by atoms with Crippen molar-refractivity contribution in [2.24, 2.45) is 5.92 Å². The van der Waals surface area contributed by atoms with Crippen LogP contribution in [-0.2, 0) is 0 Å². The van der Waals surface area contributed by atoms with Crippen LogP contribution < -0.4 is 4.90 Å². The quantitative estimate of drug-likeness (QED) is 0.897. The fourth-order valence-corrected chi connectivity index (χ4v) is 4.07. The van der Waals surface area contributed by atoms with Crippen LogP contribution in [0.2, 0.25) is 0 Å². The van der Waals surface area contributed by atoms with Crippen molar-refractivity contribution >= 4 is 5.69 Å². The molecule has 2 N–H and O–H groups in total. The van der Waals surface area contributed by atoms with E-state index in [1.807, 2.05) is 25.1 Å². The smallest absolute Gasteiger partial charge is 0.0807 e. The number of aliphatic hydroxyl groups excluding tert-OH is 1. The summed E-state index contributed by atoms with van der Waals surface area (Å²) in [4.78, 5) is 2.37. The summed E-state index contributed by atoms with van der Waals surface area (Å²) in [6, 6.07) is 8.19. The van der Waals surface area contributed by atoms with Crippen LogP contribution >= 0.6 is 0 Å². The maximum Gasteiger partial charge on any atom is 0.0807 e. The Hall–Kier alpha value is -1.06. The average Bonchev–Trinajstić information content (AvgIpc) is 2.53. The summed E-state index contributed by atoms with van der Waals surface area (Å²) < 4.78 is 0. The normalized spacial score (nSPS) is 30.8. The number of anilines is 1. The molecule has 0 bridgehead atoms. The van der Waals surface area contributed by atoms with Crippen LogP contribution in [0.15, 0.2) is 24.3 Å². The first-order chi connectivity index (χ1) is 10.1. The third-order valence-electron chi connectivity index (χ3n) is 5.45. The van der Waals surface area contributed by atoms with Crippen molar-refractivity contribution in [1.29, 1.82) is 0 Å². The third-order valence-corrected chi connectivity index (χ3v) is 5.45. The Morgan fingerprint density at radius 1 is 1.29 bits per heavy atom. The summed E-state index contributed by atoms with van der Waals surface area (Å²) in [7, 11) is 0. The predicted molar refractivity (Wildman–Crippen MR) is 85.4 cm³/mol. The van der Waals surface area contributed by atoms with Gasteiger partial charge in [-0.3, -0.25) is 0 Å². The van der Waals surface area contributed by atoms with Crippen LogP contribution in [0.25, 0.3) is 0 Å². The first kappa shape index (κ1) is 14.9. The van der Waals surface area contributed by atoms with E-state index in [1.165, 1.54) is 6.42 Å². The number of aliphatic hydroxyl groups is 2. The van der Waals surface area contributed by atoms with E-state index in [4.69, 9.17) is 0 Å². The van der Waals surface area contributed by atoms with Crippen molar-refractivity contribution in [3.63, 3.8) is 0 Å². The zero-order valence-corrected chi connectivity index (χ0v) is 13.0. The minimum absolute atomic E-state index is 0.381. The molecule has 0 aromatic heterocycles. The van der Waals surface area contributed by atoms with Crippen molar-refractivity contribution in [2.75, 3.05) is 18.0 Å². The second-order valence-corrected chi connectivity index (χ2v) is 6.73. The number of hydrogen-bond acceptors (Lipinski definition) is 3. The number of rotatable bonds is 3. The Labute approximate surface area is 127 Å². The number of nitrogens with zero attached hydrogens (tertiary/aromatic N) is 1. The number of benzene rings is 1. The largest absolute Gasteiger partial charge is 0.389 e. The summed E-state index contributed by atoms with van der Waals surface area (Å²) in [5.74, 6) is 0.381. The van der Waals surface area contributed by atoms with E-state index in [9.17, 15) is 10.2 Å². The zero-order chi connectivity index (χ0) is 14.9. The minimum atomic E-state index is -0.437. The topological polar surface area (TPSA) is 43.7 Å². The molecule has 2 fully saturated rings. The van der Waals surface area contributed by atoms with Crippen molar-refractivity contribution in [2.45, 2.75) is 57.2 Å². The van der Waals surface area contributed by atoms with Crippen LogP contribution in [0.3, 0.4) is 0 Å². The molecule has 0 amide bonds. The second kappa shape index (κ2) is 5.98. The lowest BCUT2D eigenvalue weighted by Gasteiger charge is -2.48. The molecule has 1 saturated heterocycles. The summed E-state index contributed by atoms with van der Waals surface area (Å²) in [6.45, 7) is 3.82. The Kier molecular flexibility index (Phi) is 4.23. The maximum atomic E-state index is 10.8. The van der Waals surface area contributed by atoms with Gasteiger partial charge in [-0.2, -0.15) is 0 Å². The Morgan fingerprint density at radius 3 is 2.90 bits per heavy atom. The number of para-hydroxylation sites is 1. The first-order valence-electron chi connectivity index (χ1n) is 8.38. The van der Waals surface area contributed by atoms with Crippen molar-refractivity contribution in [3.05, 3.63) is 29.8 Å². The minimum Gasteiger partial charge on any atom is -0.389 e. The fourth-order valence-electron chi connectivity index (χ4n) is 4.07. The lowest BCUT2D eigenvalue weighted by molar-refractivity contribution is -0.0613. The van der Waals surface area contributed by atoms with E-state index < -0.39 is 11.7 Å². The molecule has 3 rings (SSSR count). The Balaban J connectivity index is 1.82. The average molecular weight is 289 g/mol. The van der Waals surface area contributed by atoms with E-state index in [-0.39, 0.29) is 0 Å². The first-order valence-corrected chi connectivity index (χ1v) is 8.38. The van der Waals surface area contributed by atoms with Gasteiger partial charge in [-0.05, 0) is 31.7 Å². The van der Waals surface area contributed by atoms with Crippen LogP contribution in [0.1, 0.15) is 57.1 Å². The third kappa shape index (κ3) is 2.82. The standard InChI is InChI=1S/C18H27NO2/c1-2-17(20)15-8-3-4-9-16(15)19-12-11-18(21)10-6-5-7-14(18)13-19/h3-4,8-9,14,17,20-21H,2,5-7,10-13H2,1H3.